The molecule has 1 aliphatic rings. The lowest BCUT2D eigenvalue weighted by Gasteiger charge is -2.10. The van der Waals surface area contributed by atoms with Crippen LogP contribution in [-0.2, 0) is 9.53 Å². The Morgan fingerprint density at radius 2 is 2.09 bits per heavy atom. The standard InChI is InChI=1S/C8H13IO2/c1-6(9)11-8(10)7-4-2-3-5-7/h6-7H,2-5H2,1H3. The van der Waals surface area contributed by atoms with E-state index in [4.69, 9.17) is 4.74 Å². The Morgan fingerprint density at radius 3 is 2.55 bits per heavy atom. The van der Waals surface area contributed by atoms with E-state index < -0.39 is 0 Å². The molecule has 0 heterocycles. The summed E-state index contributed by atoms with van der Waals surface area (Å²) < 4.78 is 5.10. The predicted molar refractivity (Wildman–Crippen MR) is 51.5 cm³/mol. The zero-order valence-corrected chi connectivity index (χ0v) is 8.84. The Kier molecular flexibility index (Phi) is 3.62. The van der Waals surface area contributed by atoms with Crippen molar-refractivity contribution < 1.29 is 9.53 Å². The number of halogens is 1. The number of hydrogen-bond acceptors (Lipinski definition) is 2. The Bertz CT molecular complexity index is 139. The van der Waals surface area contributed by atoms with Crippen LogP contribution < -0.4 is 0 Å². The molecular weight excluding hydrogens is 255 g/mol. The fraction of sp³-hybridized carbons (Fsp3) is 0.875. The molecule has 1 rings (SSSR count). The predicted octanol–water partition coefficient (Wildman–Crippen LogP) is 2.50. The van der Waals surface area contributed by atoms with Gasteiger partial charge in [-0.05, 0) is 42.4 Å². The van der Waals surface area contributed by atoms with Crippen molar-refractivity contribution in [2.45, 2.75) is 36.7 Å². The second-order valence-corrected chi connectivity index (χ2v) is 4.72. The van der Waals surface area contributed by atoms with Crippen LogP contribution in [0.4, 0.5) is 0 Å². The van der Waals surface area contributed by atoms with Gasteiger partial charge in [-0.3, -0.25) is 4.79 Å². The minimum absolute atomic E-state index is 0.00407. The van der Waals surface area contributed by atoms with Crippen molar-refractivity contribution in [3.63, 3.8) is 0 Å². The highest BCUT2D eigenvalue weighted by molar-refractivity contribution is 14.1. The summed E-state index contributed by atoms with van der Waals surface area (Å²) in [5, 5.41) is 0. The topological polar surface area (TPSA) is 26.3 Å². The van der Waals surface area contributed by atoms with Gasteiger partial charge >= 0.3 is 5.97 Å². The monoisotopic (exact) mass is 268 g/mol. The van der Waals surface area contributed by atoms with Crippen LogP contribution in [0.25, 0.3) is 0 Å². The largest absolute Gasteiger partial charge is 0.452 e. The average Bonchev–Trinajstić information content (AvgIpc) is 2.35. The number of alkyl halides is 1. The number of rotatable bonds is 2. The molecule has 1 aliphatic carbocycles. The molecule has 1 atom stereocenters. The van der Waals surface area contributed by atoms with Crippen LogP contribution in [0.1, 0.15) is 32.6 Å². The van der Waals surface area contributed by atoms with E-state index in [0.29, 0.717) is 0 Å². The first kappa shape index (κ1) is 9.29. The summed E-state index contributed by atoms with van der Waals surface area (Å²) in [6.45, 7) is 1.88. The molecule has 0 aromatic heterocycles. The molecule has 0 bridgehead atoms. The number of ether oxygens (including phenoxy) is 1. The summed E-state index contributed by atoms with van der Waals surface area (Å²) in [6.07, 6.45) is 4.44. The Balaban J connectivity index is 2.28. The molecule has 1 unspecified atom stereocenters. The van der Waals surface area contributed by atoms with E-state index in [0.717, 1.165) is 12.8 Å². The van der Waals surface area contributed by atoms with Gasteiger partial charge in [-0.2, -0.15) is 0 Å². The molecule has 0 aliphatic heterocycles. The number of carbonyl (C=O) groups excluding carboxylic acids is 1. The van der Waals surface area contributed by atoms with Gasteiger partial charge in [0.2, 0.25) is 0 Å². The van der Waals surface area contributed by atoms with Gasteiger partial charge in [0.05, 0.1) is 5.92 Å². The molecule has 1 saturated carbocycles. The van der Waals surface area contributed by atoms with Gasteiger partial charge in [-0.1, -0.05) is 12.8 Å². The second kappa shape index (κ2) is 4.28. The molecule has 2 nitrogen and oxygen atoms in total. The molecule has 0 N–H and O–H groups in total. The lowest BCUT2D eigenvalue weighted by Crippen LogP contribution is -2.17. The van der Waals surface area contributed by atoms with Crippen LogP contribution >= 0.6 is 22.6 Å². The molecular formula is C8H13IO2. The summed E-state index contributed by atoms with van der Waals surface area (Å²) in [5.74, 6) is 0.205. The smallest absolute Gasteiger partial charge is 0.309 e. The average molecular weight is 268 g/mol. The third-order valence-corrected chi connectivity index (χ3v) is 2.22. The molecule has 64 valence electrons. The van der Waals surface area contributed by atoms with E-state index in [-0.39, 0.29) is 16.0 Å². The lowest BCUT2D eigenvalue weighted by atomic mass is 10.1. The maximum Gasteiger partial charge on any atom is 0.309 e. The van der Waals surface area contributed by atoms with Crippen LogP contribution in [0.5, 0.6) is 0 Å². The van der Waals surface area contributed by atoms with E-state index in [1.165, 1.54) is 12.8 Å². The fourth-order valence-electron chi connectivity index (χ4n) is 1.42. The molecule has 3 heteroatoms. The van der Waals surface area contributed by atoms with Gasteiger partial charge in [0.15, 0.2) is 0 Å². The van der Waals surface area contributed by atoms with Crippen molar-refractivity contribution in [3.8, 4) is 0 Å². The highest BCUT2D eigenvalue weighted by Crippen LogP contribution is 2.26. The van der Waals surface area contributed by atoms with Crippen molar-refractivity contribution in [2.24, 2.45) is 5.92 Å². The number of hydrogen-bond donors (Lipinski definition) is 0. The minimum atomic E-state index is 0.00407. The first-order valence-electron chi connectivity index (χ1n) is 4.04. The van der Waals surface area contributed by atoms with E-state index in [2.05, 4.69) is 22.6 Å². The first-order chi connectivity index (χ1) is 5.20. The van der Waals surface area contributed by atoms with E-state index >= 15 is 0 Å². The molecule has 0 saturated heterocycles. The van der Waals surface area contributed by atoms with Crippen molar-refractivity contribution in [1.29, 1.82) is 0 Å². The Labute approximate surface area is 80.8 Å². The highest BCUT2D eigenvalue weighted by atomic mass is 127. The van der Waals surface area contributed by atoms with E-state index in [1.54, 1.807) is 0 Å². The van der Waals surface area contributed by atoms with E-state index in [1.807, 2.05) is 6.92 Å². The van der Waals surface area contributed by atoms with Crippen LogP contribution in [-0.4, -0.2) is 10.1 Å². The fourth-order valence-corrected chi connectivity index (χ4v) is 1.67. The number of carbonyl (C=O) groups is 1. The lowest BCUT2D eigenvalue weighted by molar-refractivity contribution is -0.148. The van der Waals surface area contributed by atoms with Crippen LogP contribution in [0.2, 0.25) is 0 Å². The Morgan fingerprint density at radius 1 is 1.55 bits per heavy atom. The third-order valence-electron chi connectivity index (χ3n) is 1.97. The molecule has 0 aromatic carbocycles. The summed E-state index contributed by atoms with van der Waals surface area (Å²) in [6, 6.07) is 0. The summed E-state index contributed by atoms with van der Waals surface area (Å²) >= 11 is 2.10. The van der Waals surface area contributed by atoms with Crippen molar-refractivity contribution >= 4 is 28.6 Å². The van der Waals surface area contributed by atoms with Crippen molar-refractivity contribution in [3.05, 3.63) is 0 Å². The maximum absolute atomic E-state index is 11.2. The molecule has 0 amide bonds. The summed E-state index contributed by atoms with van der Waals surface area (Å²) in [4.78, 5) is 11.2. The molecule has 0 spiro atoms. The maximum atomic E-state index is 11.2. The molecule has 1 fully saturated rings. The zero-order chi connectivity index (χ0) is 8.27. The quantitative estimate of drug-likeness (QED) is 0.437. The first-order valence-corrected chi connectivity index (χ1v) is 5.29. The van der Waals surface area contributed by atoms with Gasteiger partial charge < -0.3 is 4.74 Å². The van der Waals surface area contributed by atoms with Gasteiger partial charge in [-0.25, -0.2) is 0 Å². The van der Waals surface area contributed by atoms with Crippen molar-refractivity contribution in [1.82, 2.24) is 0 Å². The molecule has 11 heavy (non-hydrogen) atoms. The van der Waals surface area contributed by atoms with Crippen molar-refractivity contribution in [2.75, 3.05) is 0 Å². The van der Waals surface area contributed by atoms with Crippen LogP contribution in [0.3, 0.4) is 0 Å². The minimum Gasteiger partial charge on any atom is -0.452 e. The molecule has 0 aromatic rings. The van der Waals surface area contributed by atoms with Gasteiger partial charge in [0.25, 0.3) is 0 Å². The zero-order valence-electron chi connectivity index (χ0n) is 6.68. The third kappa shape index (κ3) is 2.97. The van der Waals surface area contributed by atoms with Gasteiger partial charge in [-0.15, -0.1) is 0 Å². The summed E-state index contributed by atoms with van der Waals surface area (Å²) in [5.41, 5.74) is 0. The second-order valence-electron chi connectivity index (χ2n) is 2.96. The van der Waals surface area contributed by atoms with E-state index in [9.17, 15) is 4.79 Å². The SMILES string of the molecule is CC(I)OC(=O)C1CCCC1. The Hall–Kier alpha value is 0.200. The normalized spacial score (nSPS) is 21.6. The van der Waals surface area contributed by atoms with Crippen LogP contribution in [0, 0.1) is 5.92 Å². The molecule has 0 radical (unpaired) electrons. The van der Waals surface area contributed by atoms with Crippen LogP contribution in [0.15, 0.2) is 0 Å². The van der Waals surface area contributed by atoms with Gasteiger partial charge in [0, 0.05) is 0 Å². The summed E-state index contributed by atoms with van der Waals surface area (Å²) in [7, 11) is 0. The highest BCUT2D eigenvalue weighted by Gasteiger charge is 2.24. The number of esters is 1. The van der Waals surface area contributed by atoms with Gasteiger partial charge in [0.1, 0.15) is 4.11 Å².